The van der Waals surface area contributed by atoms with Crippen LogP contribution in [0.4, 0.5) is 0 Å². The number of fused-ring (bicyclic) bond motifs is 1. The molecule has 1 atom stereocenters. The van der Waals surface area contributed by atoms with Crippen LogP contribution in [0.1, 0.15) is 28.9 Å². The molecule has 0 bridgehead atoms. The molecule has 2 aromatic rings. The summed E-state index contributed by atoms with van der Waals surface area (Å²) in [5, 5.41) is 4.11. The summed E-state index contributed by atoms with van der Waals surface area (Å²) in [6.45, 7) is 1.86. The van der Waals surface area contributed by atoms with Gasteiger partial charge in [-0.1, -0.05) is 29.4 Å². The van der Waals surface area contributed by atoms with Gasteiger partial charge in [-0.05, 0) is 38.7 Å². The summed E-state index contributed by atoms with van der Waals surface area (Å²) in [5.74, 6) is 1.53. The van der Waals surface area contributed by atoms with E-state index < -0.39 is 0 Å². The smallest absolute Gasteiger partial charge is 0.244 e. The van der Waals surface area contributed by atoms with Gasteiger partial charge >= 0.3 is 0 Å². The first-order valence-corrected chi connectivity index (χ1v) is 7.37. The Balaban J connectivity index is 1.75. The molecule has 1 unspecified atom stereocenters. The molecule has 1 aliphatic rings. The standard InChI is InChI=1S/C16H22N4O/c1-19(2)9-8-15-17-16(21-18-15)14-10-12-6-4-5-7-13(12)11-20(14)3/h4-7,14H,8-11H2,1-3H3. The van der Waals surface area contributed by atoms with Crippen molar-refractivity contribution in [3.8, 4) is 0 Å². The van der Waals surface area contributed by atoms with Gasteiger partial charge < -0.3 is 9.42 Å². The first-order chi connectivity index (χ1) is 10.1. The molecule has 1 aromatic carbocycles. The molecule has 1 aliphatic heterocycles. The van der Waals surface area contributed by atoms with Gasteiger partial charge in [-0.15, -0.1) is 0 Å². The highest BCUT2D eigenvalue weighted by Crippen LogP contribution is 2.30. The Labute approximate surface area is 125 Å². The third-order valence-corrected chi connectivity index (χ3v) is 4.03. The Hall–Kier alpha value is -1.72. The molecule has 0 radical (unpaired) electrons. The number of aromatic nitrogens is 2. The summed E-state index contributed by atoms with van der Waals surface area (Å²) >= 11 is 0. The van der Waals surface area contributed by atoms with Crippen LogP contribution in [0.25, 0.3) is 0 Å². The normalized spacial score (nSPS) is 19.0. The van der Waals surface area contributed by atoms with Crippen LogP contribution >= 0.6 is 0 Å². The Morgan fingerprint density at radius 1 is 1.29 bits per heavy atom. The second-order valence-corrected chi connectivity index (χ2v) is 6.01. The monoisotopic (exact) mass is 286 g/mol. The number of hydrogen-bond acceptors (Lipinski definition) is 5. The van der Waals surface area contributed by atoms with Crippen molar-refractivity contribution < 1.29 is 4.52 Å². The van der Waals surface area contributed by atoms with E-state index in [4.69, 9.17) is 4.52 Å². The van der Waals surface area contributed by atoms with E-state index >= 15 is 0 Å². The van der Waals surface area contributed by atoms with E-state index in [0.717, 1.165) is 37.6 Å². The van der Waals surface area contributed by atoms with Crippen LogP contribution in [0, 0.1) is 0 Å². The summed E-state index contributed by atoms with van der Waals surface area (Å²) in [6.07, 6.45) is 1.76. The Morgan fingerprint density at radius 2 is 2.05 bits per heavy atom. The van der Waals surface area contributed by atoms with E-state index in [2.05, 4.69) is 51.3 Å². The quantitative estimate of drug-likeness (QED) is 0.859. The summed E-state index contributed by atoms with van der Waals surface area (Å²) in [4.78, 5) is 8.99. The maximum absolute atomic E-state index is 5.50. The van der Waals surface area contributed by atoms with Gasteiger partial charge in [0.05, 0.1) is 6.04 Å². The van der Waals surface area contributed by atoms with Crippen LogP contribution < -0.4 is 0 Å². The van der Waals surface area contributed by atoms with Gasteiger partial charge in [0.2, 0.25) is 5.89 Å². The molecule has 5 nitrogen and oxygen atoms in total. The third kappa shape index (κ3) is 3.14. The van der Waals surface area contributed by atoms with Crippen molar-refractivity contribution in [2.24, 2.45) is 0 Å². The van der Waals surface area contributed by atoms with Crippen LogP contribution in [-0.2, 0) is 19.4 Å². The number of likely N-dealkylation sites (N-methyl/N-ethyl adjacent to an activating group) is 2. The lowest BCUT2D eigenvalue weighted by Gasteiger charge is -2.31. The van der Waals surface area contributed by atoms with Gasteiger partial charge in [-0.2, -0.15) is 4.98 Å². The van der Waals surface area contributed by atoms with Crippen molar-refractivity contribution in [3.05, 3.63) is 47.1 Å². The van der Waals surface area contributed by atoms with Crippen LogP contribution in [0.15, 0.2) is 28.8 Å². The summed E-state index contributed by atoms with van der Waals surface area (Å²) in [7, 11) is 6.21. The van der Waals surface area contributed by atoms with E-state index in [0.29, 0.717) is 0 Å². The van der Waals surface area contributed by atoms with Crippen LogP contribution in [0.3, 0.4) is 0 Å². The fourth-order valence-corrected chi connectivity index (χ4v) is 2.76. The van der Waals surface area contributed by atoms with Crippen molar-refractivity contribution in [2.45, 2.75) is 25.4 Å². The van der Waals surface area contributed by atoms with Crippen molar-refractivity contribution in [1.29, 1.82) is 0 Å². The fourth-order valence-electron chi connectivity index (χ4n) is 2.76. The summed E-state index contributed by atoms with van der Waals surface area (Å²) in [6, 6.07) is 8.76. The number of benzene rings is 1. The molecule has 2 heterocycles. The van der Waals surface area contributed by atoms with E-state index in [1.807, 2.05) is 14.1 Å². The predicted octanol–water partition coefficient (Wildman–Crippen LogP) is 1.90. The molecular weight excluding hydrogens is 264 g/mol. The first-order valence-electron chi connectivity index (χ1n) is 7.37. The minimum absolute atomic E-state index is 0.181. The molecule has 0 N–H and O–H groups in total. The Morgan fingerprint density at radius 3 is 2.81 bits per heavy atom. The molecule has 1 aromatic heterocycles. The van der Waals surface area contributed by atoms with Crippen LogP contribution in [0.5, 0.6) is 0 Å². The highest BCUT2D eigenvalue weighted by molar-refractivity contribution is 5.30. The highest BCUT2D eigenvalue weighted by Gasteiger charge is 2.28. The molecule has 3 rings (SSSR count). The molecular formula is C16H22N4O. The van der Waals surface area contributed by atoms with Crippen molar-refractivity contribution in [2.75, 3.05) is 27.7 Å². The third-order valence-electron chi connectivity index (χ3n) is 4.03. The zero-order valence-corrected chi connectivity index (χ0v) is 12.9. The molecule has 0 saturated heterocycles. The van der Waals surface area contributed by atoms with Crippen LogP contribution in [0.2, 0.25) is 0 Å². The van der Waals surface area contributed by atoms with E-state index in [1.165, 1.54) is 11.1 Å². The van der Waals surface area contributed by atoms with E-state index in [9.17, 15) is 0 Å². The van der Waals surface area contributed by atoms with Crippen molar-refractivity contribution in [3.63, 3.8) is 0 Å². The lowest BCUT2D eigenvalue weighted by Crippen LogP contribution is -2.31. The largest absolute Gasteiger partial charge is 0.338 e. The predicted molar refractivity (Wildman–Crippen MR) is 80.9 cm³/mol. The van der Waals surface area contributed by atoms with Gasteiger partial charge in [0.25, 0.3) is 0 Å². The maximum Gasteiger partial charge on any atom is 0.244 e. The SMILES string of the molecule is CN(C)CCc1noc(C2Cc3ccccc3CN2C)n1. The summed E-state index contributed by atoms with van der Waals surface area (Å²) < 4.78 is 5.50. The van der Waals surface area contributed by atoms with Gasteiger partial charge in [-0.3, -0.25) is 4.90 Å². The topological polar surface area (TPSA) is 45.4 Å². The lowest BCUT2D eigenvalue weighted by molar-refractivity contribution is 0.173. The number of hydrogen-bond donors (Lipinski definition) is 0. The Bertz CT molecular complexity index is 608. The molecule has 21 heavy (non-hydrogen) atoms. The number of nitrogens with zero attached hydrogens (tertiary/aromatic N) is 4. The molecule has 0 saturated carbocycles. The molecule has 0 amide bonds. The minimum Gasteiger partial charge on any atom is -0.338 e. The first kappa shape index (κ1) is 14.2. The van der Waals surface area contributed by atoms with Gasteiger partial charge in [0, 0.05) is 19.5 Å². The Kier molecular flexibility index (Phi) is 4.03. The minimum atomic E-state index is 0.181. The molecule has 0 aliphatic carbocycles. The fraction of sp³-hybridized carbons (Fsp3) is 0.500. The van der Waals surface area contributed by atoms with Crippen LogP contribution in [-0.4, -0.2) is 47.6 Å². The van der Waals surface area contributed by atoms with Gasteiger partial charge in [-0.25, -0.2) is 0 Å². The lowest BCUT2D eigenvalue weighted by atomic mass is 9.94. The summed E-state index contributed by atoms with van der Waals surface area (Å²) in [5.41, 5.74) is 2.78. The zero-order valence-electron chi connectivity index (χ0n) is 12.9. The van der Waals surface area contributed by atoms with E-state index in [1.54, 1.807) is 0 Å². The molecule has 0 spiro atoms. The van der Waals surface area contributed by atoms with Crippen molar-refractivity contribution in [1.82, 2.24) is 19.9 Å². The van der Waals surface area contributed by atoms with Gasteiger partial charge in [0.1, 0.15) is 0 Å². The molecule has 112 valence electrons. The molecule has 0 fully saturated rings. The highest BCUT2D eigenvalue weighted by atomic mass is 16.5. The maximum atomic E-state index is 5.50. The second-order valence-electron chi connectivity index (χ2n) is 6.01. The van der Waals surface area contributed by atoms with E-state index in [-0.39, 0.29) is 6.04 Å². The van der Waals surface area contributed by atoms with Crippen molar-refractivity contribution >= 4 is 0 Å². The van der Waals surface area contributed by atoms with Gasteiger partial charge in [0.15, 0.2) is 5.82 Å². The zero-order chi connectivity index (χ0) is 14.8. The average Bonchev–Trinajstić information content (AvgIpc) is 2.93. The number of rotatable bonds is 4. The average molecular weight is 286 g/mol. The molecule has 5 heteroatoms. The second kappa shape index (κ2) is 5.95.